The summed E-state index contributed by atoms with van der Waals surface area (Å²) in [6, 6.07) is 11.2. The van der Waals surface area contributed by atoms with Crippen molar-refractivity contribution < 1.29 is 40.7 Å². The normalized spacial score (nSPS) is 14.5. The maximum atomic E-state index is 15.0. The largest absolute Gasteiger partial charge is 0.444 e. The van der Waals surface area contributed by atoms with Crippen LogP contribution in [0, 0.1) is 5.82 Å². The zero-order valence-electron chi connectivity index (χ0n) is 22.1. The number of hydrazine groups is 1. The summed E-state index contributed by atoms with van der Waals surface area (Å²) in [7, 11) is -4.21. The first kappa shape index (κ1) is 30.7. The second kappa shape index (κ2) is 12.6. The summed E-state index contributed by atoms with van der Waals surface area (Å²) in [6.45, 7) is 4.91. The Hall–Kier alpha value is -3.85. The molecule has 11 nitrogen and oxygen atoms in total. The van der Waals surface area contributed by atoms with Crippen molar-refractivity contribution in [3.05, 3.63) is 65.5 Å². The highest BCUT2D eigenvalue weighted by Crippen LogP contribution is 2.25. The number of piperazine rings is 1. The van der Waals surface area contributed by atoms with Gasteiger partial charge in [0.2, 0.25) is 0 Å². The van der Waals surface area contributed by atoms with Gasteiger partial charge in [-0.25, -0.2) is 9.18 Å². The lowest BCUT2D eigenvalue weighted by molar-refractivity contribution is -0.132. The number of nitrogens with zero attached hydrogens (tertiary/aromatic N) is 3. The smallest absolute Gasteiger partial charge is 0.410 e. The third-order valence-corrected chi connectivity index (χ3v) is 7.58. The van der Waals surface area contributed by atoms with Gasteiger partial charge in [0, 0.05) is 37.3 Å². The molecule has 1 heterocycles. The maximum absolute atomic E-state index is 15.0. The topological polar surface area (TPSA) is 128 Å². The number of halogens is 3. The average molecular weight is 586 g/mol. The van der Waals surface area contributed by atoms with Crippen molar-refractivity contribution in [1.82, 2.24) is 20.1 Å². The van der Waals surface area contributed by atoms with Crippen LogP contribution in [0.3, 0.4) is 0 Å². The lowest BCUT2D eigenvalue weighted by atomic mass is 10.1. The van der Waals surface area contributed by atoms with Gasteiger partial charge in [-0.3, -0.25) is 24.7 Å². The molecular weight excluding hydrogens is 555 g/mol. The monoisotopic (exact) mass is 585 g/mol. The number of anilines is 1. The SMILES string of the molecule is CC(C)(C)OC(=O)N1CCN(S(=O)(=O)N(Cc2ccc(C(=O)NNC(=O)C(F)F)cc2F)c2ccccc2)CC1. The predicted octanol–water partition coefficient (Wildman–Crippen LogP) is 2.66. The van der Waals surface area contributed by atoms with E-state index < -0.39 is 52.5 Å². The number of para-hydroxylation sites is 1. The number of carbonyl (C=O) groups excluding carboxylic acids is 3. The molecule has 3 amide bonds. The Morgan fingerprint density at radius 1 is 1.00 bits per heavy atom. The molecule has 0 saturated carbocycles. The fourth-order valence-corrected chi connectivity index (χ4v) is 5.28. The molecule has 40 heavy (non-hydrogen) atoms. The Morgan fingerprint density at radius 2 is 1.62 bits per heavy atom. The second-order valence-corrected chi connectivity index (χ2v) is 11.6. The molecule has 1 saturated heterocycles. The minimum atomic E-state index is -4.21. The van der Waals surface area contributed by atoms with Gasteiger partial charge in [-0.05, 0) is 45.0 Å². The Labute approximate surface area is 230 Å². The van der Waals surface area contributed by atoms with Crippen molar-refractivity contribution in [2.45, 2.75) is 39.3 Å². The molecule has 15 heteroatoms. The van der Waals surface area contributed by atoms with Crippen LogP contribution >= 0.6 is 0 Å². The lowest BCUT2D eigenvalue weighted by Gasteiger charge is -2.37. The van der Waals surface area contributed by atoms with E-state index in [1.807, 2.05) is 0 Å². The molecule has 1 fully saturated rings. The number of carbonyl (C=O) groups is 3. The van der Waals surface area contributed by atoms with Gasteiger partial charge in [0.25, 0.3) is 5.91 Å². The van der Waals surface area contributed by atoms with E-state index in [2.05, 4.69) is 0 Å². The molecule has 0 spiro atoms. The number of rotatable bonds is 7. The standard InChI is InChI=1S/C25H30F3N5O6S/c1-25(2,3)39-24(36)31-11-13-32(14-12-31)40(37,38)33(19-7-5-4-6-8-19)16-18-10-9-17(15-20(18)26)22(34)29-30-23(35)21(27)28/h4-10,15,21H,11-14,16H2,1-3H3,(H,29,34)(H,30,35). The van der Waals surface area contributed by atoms with E-state index in [1.54, 1.807) is 56.5 Å². The van der Waals surface area contributed by atoms with Gasteiger partial charge in [-0.2, -0.15) is 21.5 Å². The van der Waals surface area contributed by atoms with Crippen LogP contribution in [0.5, 0.6) is 0 Å². The van der Waals surface area contributed by atoms with E-state index in [9.17, 15) is 31.6 Å². The molecule has 0 aliphatic carbocycles. The third kappa shape index (κ3) is 7.85. The summed E-state index contributed by atoms with van der Waals surface area (Å²) in [5, 5.41) is 0. The first-order chi connectivity index (χ1) is 18.7. The molecule has 2 aromatic carbocycles. The van der Waals surface area contributed by atoms with Crippen molar-refractivity contribution in [2.24, 2.45) is 0 Å². The highest BCUT2D eigenvalue weighted by atomic mass is 32.2. The molecule has 2 N–H and O–H groups in total. The van der Waals surface area contributed by atoms with Gasteiger partial charge in [-0.15, -0.1) is 0 Å². The van der Waals surface area contributed by atoms with Crippen molar-refractivity contribution in [1.29, 1.82) is 0 Å². The predicted molar refractivity (Wildman–Crippen MR) is 139 cm³/mol. The van der Waals surface area contributed by atoms with Crippen molar-refractivity contribution in [2.75, 3.05) is 30.5 Å². The summed E-state index contributed by atoms with van der Waals surface area (Å²) in [4.78, 5) is 36.9. The number of alkyl halides is 2. The molecule has 0 atom stereocenters. The highest BCUT2D eigenvalue weighted by Gasteiger charge is 2.35. The first-order valence-corrected chi connectivity index (χ1v) is 13.6. The highest BCUT2D eigenvalue weighted by molar-refractivity contribution is 7.90. The second-order valence-electron chi connectivity index (χ2n) is 9.77. The van der Waals surface area contributed by atoms with Crippen LogP contribution < -0.4 is 15.2 Å². The van der Waals surface area contributed by atoms with Crippen LogP contribution in [0.25, 0.3) is 0 Å². The summed E-state index contributed by atoms with van der Waals surface area (Å²) in [6.07, 6.45) is -3.91. The fourth-order valence-electron chi connectivity index (χ4n) is 3.68. The minimum absolute atomic E-state index is 0.0170. The van der Waals surface area contributed by atoms with Crippen LogP contribution in [-0.2, 0) is 26.3 Å². The van der Waals surface area contributed by atoms with E-state index in [0.717, 1.165) is 16.4 Å². The van der Waals surface area contributed by atoms with Crippen LogP contribution in [0.1, 0.15) is 36.7 Å². The van der Waals surface area contributed by atoms with E-state index in [0.29, 0.717) is 0 Å². The Morgan fingerprint density at radius 3 is 2.17 bits per heavy atom. The molecule has 218 valence electrons. The molecule has 1 aliphatic heterocycles. The molecule has 0 bridgehead atoms. The lowest BCUT2D eigenvalue weighted by Crippen LogP contribution is -2.54. The third-order valence-electron chi connectivity index (χ3n) is 5.67. The molecule has 0 unspecified atom stereocenters. The number of ether oxygens (including phenoxy) is 1. The van der Waals surface area contributed by atoms with Gasteiger partial charge in [0.15, 0.2) is 0 Å². The zero-order valence-corrected chi connectivity index (χ0v) is 22.9. The van der Waals surface area contributed by atoms with Crippen LogP contribution in [0.2, 0.25) is 0 Å². The molecule has 0 radical (unpaired) electrons. The molecule has 1 aliphatic rings. The number of amides is 3. The summed E-state index contributed by atoms with van der Waals surface area (Å²) >= 11 is 0. The minimum Gasteiger partial charge on any atom is -0.444 e. The molecular formula is C25H30F3N5O6S. The van der Waals surface area contributed by atoms with Crippen molar-refractivity contribution >= 4 is 33.8 Å². The maximum Gasteiger partial charge on any atom is 0.410 e. The van der Waals surface area contributed by atoms with E-state index in [4.69, 9.17) is 4.74 Å². The van der Waals surface area contributed by atoms with Crippen molar-refractivity contribution in [3.63, 3.8) is 0 Å². The van der Waals surface area contributed by atoms with Crippen LogP contribution in [0.15, 0.2) is 48.5 Å². The van der Waals surface area contributed by atoms with E-state index in [1.165, 1.54) is 20.7 Å². The Bertz CT molecular complexity index is 1330. The van der Waals surface area contributed by atoms with Crippen LogP contribution in [0.4, 0.5) is 23.7 Å². The molecule has 0 aromatic heterocycles. The number of benzene rings is 2. The van der Waals surface area contributed by atoms with Gasteiger partial charge < -0.3 is 9.64 Å². The molecule has 2 aromatic rings. The number of hydrogen-bond acceptors (Lipinski definition) is 6. The van der Waals surface area contributed by atoms with Gasteiger partial charge >= 0.3 is 28.6 Å². The molecule has 3 rings (SSSR count). The summed E-state index contributed by atoms with van der Waals surface area (Å²) < 4.78 is 74.6. The van der Waals surface area contributed by atoms with Gasteiger partial charge in [0.05, 0.1) is 12.2 Å². The summed E-state index contributed by atoms with van der Waals surface area (Å²) in [5.41, 5.74) is 2.45. The summed E-state index contributed by atoms with van der Waals surface area (Å²) in [5.74, 6) is -3.71. The fraction of sp³-hybridized carbons (Fsp3) is 0.400. The van der Waals surface area contributed by atoms with Crippen molar-refractivity contribution in [3.8, 4) is 0 Å². The zero-order chi connectivity index (χ0) is 29.7. The Balaban J connectivity index is 1.78. The quantitative estimate of drug-likeness (QED) is 0.481. The van der Waals surface area contributed by atoms with E-state index in [-0.39, 0.29) is 43.0 Å². The number of nitrogens with one attached hydrogen (secondary N) is 2. The van der Waals surface area contributed by atoms with Crippen LogP contribution in [-0.4, -0.2) is 73.7 Å². The van der Waals surface area contributed by atoms with Gasteiger partial charge in [-0.1, -0.05) is 24.3 Å². The average Bonchev–Trinajstić information content (AvgIpc) is 2.90. The van der Waals surface area contributed by atoms with E-state index >= 15 is 4.39 Å². The van der Waals surface area contributed by atoms with Gasteiger partial charge in [0.1, 0.15) is 11.4 Å². The first-order valence-electron chi connectivity index (χ1n) is 12.2. The number of hydrogen-bond donors (Lipinski definition) is 2. The Kier molecular flexibility index (Phi) is 9.63.